The summed E-state index contributed by atoms with van der Waals surface area (Å²) >= 11 is 0. The van der Waals surface area contributed by atoms with E-state index in [-0.39, 0.29) is 0 Å². The largest absolute Gasteiger partial charge is 0.454 e. The summed E-state index contributed by atoms with van der Waals surface area (Å²) in [5, 5.41) is 7.06. The second-order valence-electron chi connectivity index (χ2n) is 14.8. The van der Waals surface area contributed by atoms with Gasteiger partial charge in [-0.15, -0.1) is 0 Å². The number of fused-ring (bicyclic) bond motifs is 6. The molecule has 0 aliphatic rings. The summed E-state index contributed by atoms with van der Waals surface area (Å²) in [6.45, 7) is 0. The molecule has 2 heteroatoms. The van der Waals surface area contributed by atoms with E-state index in [2.05, 4.69) is 223 Å². The van der Waals surface area contributed by atoms with Gasteiger partial charge in [-0.25, -0.2) is 0 Å². The van der Waals surface area contributed by atoms with E-state index >= 15 is 0 Å². The van der Waals surface area contributed by atoms with Gasteiger partial charge in [0.2, 0.25) is 0 Å². The van der Waals surface area contributed by atoms with Gasteiger partial charge in [-0.3, -0.25) is 0 Å². The first-order valence-electron chi connectivity index (χ1n) is 19.8. The lowest BCUT2D eigenvalue weighted by molar-refractivity contribution is 0.669. The number of furan rings is 1. The molecule has 0 bridgehead atoms. The van der Waals surface area contributed by atoms with Crippen LogP contribution in [0.5, 0.6) is 0 Å². The van der Waals surface area contributed by atoms with Gasteiger partial charge in [0, 0.05) is 22.1 Å². The third kappa shape index (κ3) is 5.66. The van der Waals surface area contributed by atoms with Crippen molar-refractivity contribution in [3.63, 3.8) is 0 Å². The Bertz CT molecular complexity index is 3260. The van der Waals surface area contributed by atoms with Crippen LogP contribution >= 0.6 is 0 Å². The van der Waals surface area contributed by atoms with Crippen LogP contribution in [0.2, 0.25) is 0 Å². The molecule has 58 heavy (non-hydrogen) atoms. The maximum atomic E-state index is 6.79. The summed E-state index contributed by atoms with van der Waals surface area (Å²) in [5.74, 6) is 0. The highest BCUT2D eigenvalue weighted by atomic mass is 16.3. The summed E-state index contributed by atoms with van der Waals surface area (Å²) < 4.78 is 6.79. The molecule has 272 valence electrons. The van der Waals surface area contributed by atoms with Crippen molar-refractivity contribution in [1.29, 1.82) is 0 Å². The highest BCUT2D eigenvalue weighted by molar-refractivity contribution is 6.22. The van der Waals surface area contributed by atoms with Gasteiger partial charge in [-0.1, -0.05) is 188 Å². The first kappa shape index (κ1) is 33.6. The number of nitrogens with zero attached hydrogens (tertiary/aromatic N) is 1. The number of hydrogen-bond donors (Lipinski definition) is 0. The maximum Gasteiger partial charge on any atom is 0.159 e. The van der Waals surface area contributed by atoms with Crippen molar-refractivity contribution in [3.05, 3.63) is 224 Å². The molecule has 0 aliphatic heterocycles. The van der Waals surface area contributed by atoms with Crippen molar-refractivity contribution >= 4 is 60.5 Å². The number of rotatable bonds is 7. The van der Waals surface area contributed by atoms with E-state index in [4.69, 9.17) is 4.42 Å². The van der Waals surface area contributed by atoms with E-state index < -0.39 is 0 Å². The molecule has 0 saturated heterocycles. The van der Waals surface area contributed by atoms with Gasteiger partial charge < -0.3 is 9.32 Å². The molecule has 0 N–H and O–H groups in total. The molecule has 11 aromatic rings. The van der Waals surface area contributed by atoms with E-state index in [0.29, 0.717) is 0 Å². The lowest BCUT2D eigenvalue weighted by Crippen LogP contribution is -2.11. The fraction of sp³-hybridized carbons (Fsp3) is 0. The van der Waals surface area contributed by atoms with Crippen molar-refractivity contribution in [2.24, 2.45) is 0 Å². The summed E-state index contributed by atoms with van der Waals surface area (Å²) in [6.07, 6.45) is 0. The van der Waals surface area contributed by atoms with Gasteiger partial charge in [0.1, 0.15) is 5.58 Å². The Morgan fingerprint density at radius 2 is 0.776 bits per heavy atom. The zero-order valence-corrected chi connectivity index (χ0v) is 31.7. The van der Waals surface area contributed by atoms with E-state index in [1.165, 1.54) is 54.9 Å². The van der Waals surface area contributed by atoms with Crippen LogP contribution in [0.1, 0.15) is 0 Å². The molecule has 1 aromatic heterocycles. The third-order valence-electron chi connectivity index (χ3n) is 11.4. The minimum Gasteiger partial charge on any atom is -0.454 e. The first-order valence-corrected chi connectivity index (χ1v) is 19.8. The Morgan fingerprint density at radius 1 is 0.293 bits per heavy atom. The molecule has 11 rings (SSSR count). The normalized spacial score (nSPS) is 11.4. The Kier molecular flexibility index (Phi) is 8.19. The Balaban J connectivity index is 1.24. The SMILES string of the molecule is c1ccc(-c2ccc(N(c3ccc4c(c3)c(-c3ccccc3)c(-c3ccccc3)c3ccccc34)c3cccc4c3oc3ccccc34)cc2-c2ccccc2)cc1. The molecule has 0 atom stereocenters. The topological polar surface area (TPSA) is 16.4 Å². The molecular formula is C56H37NO. The van der Waals surface area contributed by atoms with Crippen molar-refractivity contribution in [2.45, 2.75) is 0 Å². The third-order valence-corrected chi connectivity index (χ3v) is 11.4. The maximum absolute atomic E-state index is 6.79. The zero-order valence-electron chi connectivity index (χ0n) is 31.7. The average Bonchev–Trinajstić information content (AvgIpc) is 3.69. The molecule has 0 unspecified atom stereocenters. The lowest BCUT2D eigenvalue weighted by atomic mass is 9.85. The lowest BCUT2D eigenvalue weighted by Gasteiger charge is -2.28. The van der Waals surface area contributed by atoms with Crippen molar-refractivity contribution in [3.8, 4) is 44.5 Å². The van der Waals surface area contributed by atoms with Crippen LogP contribution in [0.15, 0.2) is 229 Å². The summed E-state index contributed by atoms with van der Waals surface area (Å²) in [5.41, 5.74) is 14.3. The molecule has 10 aromatic carbocycles. The van der Waals surface area contributed by atoms with Crippen LogP contribution in [0.25, 0.3) is 88.0 Å². The molecule has 0 radical (unpaired) electrons. The highest BCUT2D eigenvalue weighted by Gasteiger charge is 2.24. The molecule has 0 spiro atoms. The quantitative estimate of drug-likeness (QED) is 0.151. The van der Waals surface area contributed by atoms with Gasteiger partial charge in [0.05, 0.1) is 5.69 Å². The Labute approximate surface area is 337 Å². The predicted molar refractivity (Wildman–Crippen MR) is 245 cm³/mol. The van der Waals surface area contributed by atoms with Gasteiger partial charge in [0.25, 0.3) is 0 Å². The van der Waals surface area contributed by atoms with Crippen LogP contribution in [-0.2, 0) is 0 Å². The Morgan fingerprint density at radius 3 is 1.45 bits per heavy atom. The standard InChI is InChI=1S/C56H37NO/c1-5-18-38(19-6-1)44-34-32-42(36-50(44)39-20-7-2-8-21-39)57(52-30-17-29-49-47-27-15-16-31-53(47)58-56(49)52)43-33-35-46-45-26-13-14-28-48(45)54(40-22-9-3-10-23-40)55(51(46)37-43)41-24-11-4-12-25-41/h1-37H. The van der Waals surface area contributed by atoms with E-state index in [0.717, 1.165) is 50.1 Å². The van der Waals surface area contributed by atoms with Crippen molar-refractivity contribution < 1.29 is 4.42 Å². The minimum absolute atomic E-state index is 0.851. The monoisotopic (exact) mass is 739 g/mol. The highest BCUT2D eigenvalue weighted by Crippen LogP contribution is 2.49. The second kappa shape index (κ2) is 14.1. The second-order valence-corrected chi connectivity index (χ2v) is 14.8. The van der Waals surface area contributed by atoms with Crippen molar-refractivity contribution in [2.75, 3.05) is 4.90 Å². The molecule has 0 aliphatic carbocycles. The number of para-hydroxylation sites is 2. The predicted octanol–water partition coefficient (Wildman–Crippen LogP) is 16.0. The zero-order chi connectivity index (χ0) is 38.4. The fourth-order valence-electron chi connectivity index (χ4n) is 8.86. The summed E-state index contributed by atoms with van der Waals surface area (Å²) in [7, 11) is 0. The summed E-state index contributed by atoms with van der Waals surface area (Å²) in [4.78, 5) is 2.39. The van der Waals surface area contributed by atoms with Crippen molar-refractivity contribution in [1.82, 2.24) is 0 Å². The summed E-state index contributed by atoms with van der Waals surface area (Å²) in [6, 6.07) is 80.7. The fourth-order valence-corrected chi connectivity index (χ4v) is 8.86. The molecule has 0 amide bonds. The molecular weight excluding hydrogens is 703 g/mol. The van der Waals surface area contributed by atoms with Crippen LogP contribution in [0, 0.1) is 0 Å². The van der Waals surface area contributed by atoms with E-state index in [9.17, 15) is 0 Å². The van der Waals surface area contributed by atoms with Gasteiger partial charge >= 0.3 is 0 Å². The average molecular weight is 740 g/mol. The van der Waals surface area contributed by atoms with Crippen LogP contribution < -0.4 is 4.90 Å². The number of hydrogen-bond acceptors (Lipinski definition) is 2. The molecule has 2 nitrogen and oxygen atoms in total. The minimum atomic E-state index is 0.851. The van der Waals surface area contributed by atoms with Gasteiger partial charge in [-0.05, 0) is 102 Å². The number of anilines is 3. The molecule has 0 fully saturated rings. The van der Waals surface area contributed by atoms with E-state index in [1.807, 2.05) is 6.07 Å². The van der Waals surface area contributed by atoms with Gasteiger partial charge in [0.15, 0.2) is 5.58 Å². The van der Waals surface area contributed by atoms with Crippen LogP contribution in [-0.4, -0.2) is 0 Å². The smallest absolute Gasteiger partial charge is 0.159 e. The van der Waals surface area contributed by atoms with E-state index in [1.54, 1.807) is 0 Å². The van der Waals surface area contributed by atoms with Crippen LogP contribution in [0.3, 0.4) is 0 Å². The Hall–Kier alpha value is -7.68. The first-order chi connectivity index (χ1) is 28.8. The molecule has 1 heterocycles. The van der Waals surface area contributed by atoms with Gasteiger partial charge in [-0.2, -0.15) is 0 Å². The van der Waals surface area contributed by atoms with Crippen LogP contribution in [0.4, 0.5) is 17.1 Å². The number of benzene rings is 10. The molecule has 0 saturated carbocycles.